The van der Waals surface area contributed by atoms with E-state index in [4.69, 9.17) is 4.42 Å². The molecule has 0 bridgehead atoms. The van der Waals surface area contributed by atoms with Gasteiger partial charge in [0, 0.05) is 23.6 Å². The molecule has 1 aromatic carbocycles. The van der Waals surface area contributed by atoms with Crippen molar-refractivity contribution in [2.75, 3.05) is 5.32 Å². The quantitative estimate of drug-likeness (QED) is 0.563. The van der Waals surface area contributed by atoms with Gasteiger partial charge in [-0.25, -0.2) is 4.98 Å². The van der Waals surface area contributed by atoms with Gasteiger partial charge in [0.2, 0.25) is 0 Å². The van der Waals surface area contributed by atoms with Gasteiger partial charge in [0.1, 0.15) is 5.65 Å². The molecule has 5 nitrogen and oxygen atoms in total. The Morgan fingerprint density at radius 3 is 2.83 bits per heavy atom. The van der Waals surface area contributed by atoms with Crippen LogP contribution in [-0.4, -0.2) is 15.3 Å². The summed E-state index contributed by atoms with van der Waals surface area (Å²) in [5.74, 6) is -0.0483. The summed E-state index contributed by atoms with van der Waals surface area (Å²) in [6.45, 7) is 0. The molecule has 0 fully saturated rings. The van der Waals surface area contributed by atoms with E-state index in [0.717, 1.165) is 16.9 Å². The molecular formula is C18H12BrN3O2. The van der Waals surface area contributed by atoms with Crippen LogP contribution in [0.25, 0.3) is 16.9 Å². The van der Waals surface area contributed by atoms with E-state index in [1.165, 1.54) is 0 Å². The fraction of sp³-hybridized carbons (Fsp3) is 0. The number of anilines is 1. The Labute approximate surface area is 146 Å². The molecule has 6 heteroatoms. The average Bonchev–Trinajstić information content (AvgIpc) is 3.21. The van der Waals surface area contributed by atoms with Gasteiger partial charge in [-0.05, 0) is 52.3 Å². The summed E-state index contributed by atoms with van der Waals surface area (Å²) in [6.07, 6.45) is 3.91. The number of carbonyl (C=O) groups excluding carboxylic acids is 1. The predicted octanol–water partition coefficient (Wildman–Crippen LogP) is 4.61. The van der Waals surface area contributed by atoms with Gasteiger partial charge in [-0.2, -0.15) is 0 Å². The van der Waals surface area contributed by atoms with Gasteiger partial charge in [0.25, 0.3) is 5.91 Å². The second kappa shape index (κ2) is 5.98. The number of amides is 1. The molecule has 3 heterocycles. The predicted molar refractivity (Wildman–Crippen MR) is 95.0 cm³/mol. The van der Waals surface area contributed by atoms with Crippen molar-refractivity contribution in [1.29, 1.82) is 0 Å². The minimum atomic E-state index is -0.298. The van der Waals surface area contributed by atoms with E-state index < -0.39 is 0 Å². The zero-order chi connectivity index (χ0) is 16.5. The molecule has 0 unspecified atom stereocenters. The van der Waals surface area contributed by atoms with Crippen molar-refractivity contribution in [3.8, 4) is 11.3 Å². The molecule has 1 amide bonds. The number of nitrogens with zero attached hydrogens (tertiary/aromatic N) is 2. The van der Waals surface area contributed by atoms with Crippen LogP contribution in [0.2, 0.25) is 0 Å². The average molecular weight is 382 g/mol. The summed E-state index contributed by atoms with van der Waals surface area (Å²) in [7, 11) is 0. The molecule has 0 aliphatic rings. The largest absolute Gasteiger partial charge is 0.444 e. The molecule has 24 heavy (non-hydrogen) atoms. The Bertz CT molecular complexity index is 1000. The van der Waals surface area contributed by atoms with Crippen molar-refractivity contribution < 1.29 is 9.21 Å². The second-order valence-electron chi connectivity index (χ2n) is 5.23. The number of benzene rings is 1. The van der Waals surface area contributed by atoms with E-state index in [1.807, 2.05) is 59.3 Å². The van der Waals surface area contributed by atoms with Gasteiger partial charge in [-0.15, -0.1) is 0 Å². The maximum Gasteiger partial charge on any atom is 0.291 e. The van der Waals surface area contributed by atoms with E-state index in [9.17, 15) is 4.79 Å². The number of nitrogens with one attached hydrogen (secondary N) is 1. The number of rotatable bonds is 3. The maximum atomic E-state index is 12.2. The first kappa shape index (κ1) is 14.7. The van der Waals surface area contributed by atoms with E-state index in [-0.39, 0.29) is 11.7 Å². The highest BCUT2D eigenvalue weighted by molar-refractivity contribution is 9.10. The third-order valence-electron chi connectivity index (χ3n) is 3.58. The number of halogens is 1. The van der Waals surface area contributed by atoms with Gasteiger partial charge >= 0.3 is 0 Å². The lowest BCUT2D eigenvalue weighted by Gasteiger charge is -2.05. The van der Waals surface area contributed by atoms with Crippen molar-refractivity contribution >= 4 is 33.2 Å². The number of carbonyl (C=O) groups is 1. The van der Waals surface area contributed by atoms with Gasteiger partial charge in [0.15, 0.2) is 10.4 Å². The Morgan fingerprint density at radius 2 is 2.04 bits per heavy atom. The highest BCUT2D eigenvalue weighted by Crippen LogP contribution is 2.23. The lowest BCUT2D eigenvalue weighted by atomic mass is 10.1. The highest BCUT2D eigenvalue weighted by atomic mass is 79.9. The van der Waals surface area contributed by atoms with Crippen LogP contribution in [-0.2, 0) is 0 Å². The zero-order valence-corrected chi connectivity index (χ0v) is 14.0. The van der Waals surface area contributed by atoms with E-state index in [1.54, 1.807) is 12.1 Å². The number of imidazole rings is 1. The third kappa shape index (κ3) is 2.83. The molecule has 0 aliphatic carbocycles. The molecule has 0 spiro atoms. The van der Waals surface area contributed by atoms with E-state index in [0.29, 0.717) is 10.4 Å². The van der Waals surface area contributed by atoms with Gasteiger partial charge < -0.3 is 14.1 Å². The van der Waals surface area contributed by atoms with Gasteiger partial charge in [-0.3, -0.25) is 4.79 Å². The number of aromatic nitrogens is 2. The Hall–Kier alpha value is -2.86. The topological polar surface area (TPSA) is 59.5 Å². The lowest BCUT2D eigenvalue weighted by molar-refractivity contribution is 0.0995. The Balaban J connectivity index is 1.62. The molecule has 4 rings (SSSR count). The van der Waals surface area contributed by atoms with Crippen molar-refractivity contribution in [1.82, 2.24) is 9.38 Å². The van der Waals surface area contributed by atoms with Crippen LogP contribution in [0.15, 0.2) is 76.1 Å². The fourth-order valence-electron chi connectivity index (χ4n) is 2.46. The smallest absolute Gasteiger partial charge is 0.291 e. The molecule has 1 N–H and O–H groups in total. The molecule has 0 saturated heterocycles. The van der Waals surface area contributed by atoms with Crippen LogP contribution in [0.3, 0.4) is 0 Å². The fourth-order valence-corrected chi connectivity index (χ4v) is 2.77. The Kier molecular flexibility index (Phi) is 3.66. The second-order valence-corrected chi connectivity index (χ2v) is 6.01. The molecule has 0 aliphatic heterocycles. The number of furan rings is 1. The number of fused-ring (bicyclic) bond motifs is 1. The molecular weight excluding hydrogens is 370 g/mol. The minimum Gasteiger partial charge on any atom is -0.444 e. The lowest BCUT2D eigenvalue weighted by Crippen LogP contribution is -2.10. The molecule has 3 aromatic heterocycles. The van der Waals surface area contributed by atoms with Gasteiger partial charge in [-0.1, -0.05) is 18.2 Å². The molecule has 0 radical (unpaired) electrons. The van der Waals surface area contributed by atoms with Crippen LogP contribution >= 0.6 is 15.9 Å². The monoisotopic (exact) mass is 381 g/mol. The normalized spacial score (nSPS) is 10.9. The number of hydrogen-bond acceptors (Lipinski definition) is 3. The van der Waals surface area contributed by atoms with Crippen molar-refractivity contribution in [3.05, 3.63) is 77.4 Å². The summed E-state index contributed by atoms with van der Waals surface area (Å²) in [6, 6.07) is 16.7. The first-order valence-corrected chi connectivity index (χ1v) is 8.09. The van der Waals surface area contributed by atoms with Crippen molar-refractivity contribution in [3.63, 3.8) is 0 Å². The van der Waals surface area contributed by atoms with Crippen LogP contribution in [0, 0.1) is 0 Å². The standard InChI is InChI=1S/C18H12BrN3O2/c19-16-8-7-15(24-16)18(23)20-13-5-3-4-12(10-13)14-11-22-9-2-1-6-17(22)21-14/h1-11H,(H,20,23). The first-order valence-electron chi connectivity index (χ1n) is 7.30. The third-order valence-corrected chi connectivity index (χ3v) is 4.00. The van der Waals surface area contributed by atoms with E-state index >= 15 is 0 Å². The summed E-state index contributed by atoms with van der Waals surface area (Å²) in [5.41, 5.74) is 3.33. The van der Waals surface area contributed by atoms with E-state index in [2.05, 4.69) is 26.2 Å². The molecule has 0 atom stereocenters. The SMILES string of the molecule is O=C(Nc1cccc(-c2cn3ccccc3n2)c1)c1ccc(Br)o1. The van der Waals surface area contributed by atoms with Crippen molar-refractivity contribution in [2.24, 2.45) is 0 Å². The summed E-state index contributed by atoms with van der Waals surface area (Å²) >= 11 is 3.19. The van der Waals surface area contributed by atoms with Crippen LogP contribution in [0.5, 0.6) is 0 Å². The summed E-state index contributed by atoms with van der Waals surface area (Å²) in [4.78, 5) is 16.8. The molecule has 0 saturated carbocycles. The summed E-state index contributed by atoms with van der Waals surface area (Å²) < 4.78 is 7.74. The van der Waals surface area contributed by atoms with Crippen molar-refractivity contribution in [2.45, 2.75) is 0 Å². The maximum absolute atomic E-state index is 12.2. The van der Waals surface area contributed by atoms with Crippen LogP contribution in [0.4, 0.5) is 5.69 Å². The molecule has 4 aromatic rings. The number of pyridine rings is 1. The minimum absolute atomic E-state index is 0.250. The zero-order valence-electron chi connectivity index (χ0n) is 12.4. The van der Waals surface area contributed by atoms with Gasteiger partial charge in [0.05, 0.1) is 5.69 Å². The summed E-state index contributed by atoms with van der Waals surface area (Å²) in [5, 5.41) is 2.83. The number of hydrogen-bond donors (Lipinski definition) is 1. The van der Waals surface area contributed by atoms with Crippen LogP contribution in [0.1, 0.15) is 10.6 Å². The van der Waals surface area contributed by atoms with Crippen LogP contribution < -0.4 is 5.32 Å². The highest BCUT2D eigenvalue weighted by Gasteiger charge is 2.11. The first-order chi connectivity index (χ1) is 11.7. The molecule has 118 valence electrons. The Morgan fingerprint density at radius 1 is 1.12 bits per heavy atom.